The second-order valence-corrected chi connectivity index (χ2v) is 2.61. The highest BCUT2D eigenvalue weighted by molar-refractivity contribution is 5.57. The average Bonchev–Trinajstić information content (AvgIpc) is 2.13. The number of benzene rings is 1. The highest BCUT2D eigenvalue weighted by Crippen LogP contribution is 2.24. The van der Waals surface area contributed by atoms with E-state index in [1.807, 2.05) is 0 Å². The summed E-state index contributed by atoms with van der Waals surface area (Å²) in [6, 6.07) is 1.59. The third kappa shape index (κ3) is 2.73. The van der Waals surface area contributed by atoms with E-state index in [0.29, 0.717) is 12.3 Å². The maximum atomic E-state index is 13.1. The van der Waals surface area contributed by atoms with Crippen LogP contribution in [0.3, 0.4) is 0 Å². The molecule has 4 nitrogen and oxygen atoms in total. The molecule has 0 fully saturated rings. The molecular weight excluding hydrogens is 208 g/mol. The summed E-state index contributed by atoms with van der Waals surface area (Å²) >= 11 is 0. The van der Waals surface area contributed by atoms with Crippen molar-refractivity contribution >= 4 is 6.08 Å². The Hall–Kier alpha value is -1.98. The molecule has 1 aromatic rings. The van der Waals surface area contributed by atoms with Crippen molar-refractivity contribution in [2.45, 2.75) is 0 Å². The van der Waals surface area contributed by atoms with Gasteiger partial charge in [0.25, 0.3) is 0 Å². The van der Waals surface area contributed by atoms with Crippen LogP contribution in [-0.4, -0.2) is 12.0 Å². The molecule has 15 heavy (non-hydrogen) atoms. The Labute approximate surface area is 83.9 Å². The number of rotatable bonds is 3. The number of hydrogen-bond acceptors (Lipinski definition) is 3. The zero-order valence-electron chi connectivity index (χ0n) is 7.74. The predicted molar refractivity (Wildman–Crippen MR) is 48.9 cm³/mol. The Morgan fingerprint density at radius 2 is 2.13 bits per heavy atom. The fraction of sp³-hybridized carbons (Fsp3) is 0.111. The minimum Gasteiger partial charge on any atom is -0.493 e. The molecule has 0 saturated carbocycles. The van der Waals surface area contributed by atoms with Crippen LogP contribution in [-0.2, 0) is 0 Å². The molecule has 1 aromatic carbocycles. The van der Waals surface area contributed by atoms with Gasteiger partial charge < -0.3 is 4.74 Å². The number of nitrogens with zero attached hydrogens (tertiary/aromatic N) is 1. The van der Waals surface area contributed by atoms with Crippen LogP contribution >= 0.6 is 0 Å². The van der Waals surface area contributed by atoms with E-state index in [9.17, 15) is 18.9 Å². The maximum absolute atomic E-state index is 13.1. The maximum Gasteiger partial charge on any atom is 0.235 e. The second kappa shape index (κ2) is 4.50. The summed E-state index contributed by atoms with van der Waals surface area (Å²) in [6.45, 7) is 0. The Kier molecular flexibility index (Phi) is 3.33. The highest BCUT2D eigenvalue weighted by Gasteiger charge is 2.10. The topological polar surface area (TPSA) is 52.4 Å². The number of methoxy groups -OCH3 is 1. The third-order valence-electron chi connectivity index (χ3n) is 1.62. The van der Waals surface area contributed by atoms with Gasteiger partial charge in [-0.25, -0.2) is 8.78 Å². The van der Waals surface area contributed by atoms with E-state index in [1.54, 1.807) is 0 Å². The lowest BCUT2D eigenvalue weighted by Gasteiger charge is -2.05. The van der Waals surface area contributed by atoms with Gasteiger partial charge in [0.2, 0.25) is 6.20 Å². The molecular formula is C9H7F2NO3. The summed E-state index contributed by atoms with van der Waals surface area (Å²) in [6.07, 6.45) is 1.54. The van der Waals surface area contributed by atoms with E-state index in [4.69, 9.17) is 0 Å². The Morgan fingerprint density at radius 1 is 1.47 bits per heavy atom. The lowest BCUT2D eigenvalue weighted by molar-refractivity contribution is -0.400. The van der Waals surface area contributed by atoms with Crippen LogP contribution in [0.1, 0.15) is 5.56 Å². The Morgan fingerprint density at radius 3 is 2.67 bits per heavy atom. The normalized spacial score (nSPS) is 10.6. The number of halogens is 2. The molecule has 6 heteroatoms. The molecule has 0 unspecified atom stereocenters. The summed E-state index contributed by atoms with van der Waals surface area (Å²) in [5.74, 6) is -1.95. The minimum atomic E-state index is -0.902. The molecule has 0 aliphatic heterocycles. The van der Waals surface area contributed by atoms with Crippen molar-refractivity contribution in [2.75, 3.05) is 7.11 Å². The average molecular weight is 215 g/mol. The molecule has 1 rings (SSSR count). The van der Waals surface area contributed by atoms with E-state index >= 15 is 0 Å². The first-order valence-electron chi connectivity index (χ1n) is 3.89. The van der Waals surface area contributed by atoms with E-state index < -0.39 is 16.6 Å². The van der Waals surface area contributed by atoms with Crippen LogP contribution in [0.2, 0.25) is 0 Å². The quantitative estimate of drug-likeness (QED) is 0.573. The van der Waals surface area contributed by atoms with Gasteiger partial charge in [0.05, 0.1) is 12.0 Å². The molecule has 0 N–H and O–H groups in total. The van der Waals surface area contributed by atoms with Crippen LogP contribution in [0, 0.1) is 21.7 Å². The fourth-order valence-corrected chi connectivity index (χ4v) is 1.06. The monoisotopic (exact) mass is 215 g/mol. The predicted octanol–water partition coefficient (Wildman–Crippen LogP) is 2.22. The molecule has 0 aromatic heterocycles. The van der Waals surface area contributed by atoms with Gasteiger partial charge in [-0.3, -0.25) is 10.1 Å². The van der Waals surface area contributed by atoms with Crippen molar-refractivity contribution in [3.63, 3.8) is 0 Å². The van der Waals surface area contributed by atoms with Gasteiger partial charge in [0.1, 0.15) is 5.82 Å². The lowest BCUT2D eigenvalue weighted by Crippen LogP contribution is -1.94. The van der Waals surface area contributed by atoms with Gasteiger partial charge in [-0.15, -0.1) is 0 Å². The molecule has 0 amide bonds. The lowest BCUT2D eigenvalue weighted by atomic mass is 10.2. The third-order valence-corrected chi connectivity index (χ3v) is 1.62. The van der Waals surface area contributed by atoms with Crippen molar-refractivity contribution in [3.8, 4) is 5.75 Å². The summed E-state index contributed by atoms with van der Waals surface area (Å²) in [5, 5.41) is 10.0. The van der Waals surface area contributed by atoms with Crippen LogP contribution in [0.15, 0.2) is 18.3 Å². The molecule has 0 aliphatic carbocycles. The van der Waals surface area contributed by atoms with E-state index in [2.05, 4.69) is 4.74 Å². The van der Waals surface area contributed by atoms with E-state index in [1.165, 1.54) is 7.11 Å². The summed E-state index contributed by atoms with van der Waals surface area (Å²) < 4.78 is 30.5. The van der Waals surface area contributed by atoms with Gasteiger partial charge in [-0.2, -0.15) is 0 Å². The number of nitro groups is 1. The molecule has 0 aliphatic rings. The Bertz CT molecular complexity index is 418. The molecule has 0 saturated heterocycles. The van der Waals surface area contributed by atoms with E-state index in [0.717, 1.165) is 12.1 Å². The van der Waals surface area contributed by atoms with Crippen LogP contribution in [0.5, 0.6) is 5.75 Å². The van der Waals surface area contributed by atoms with Crippen molar-refractivity contribution in [1.29, 1.82) is 0 Å². The fourth-order valence-electron chi connectivity index (χ4n) is 1.06. The zero-order chi connectivity index (χ0) is 11.4. The summed E-state index contributed by atoms with van der Waals surface area (Å²) in [7, 11) is 1.19. The second-order valence-electron chi connectivity index (χ2n) is 2.61. The molecule has 0 radical (unpaired) electrons. The molecule has 0 bridgehead atoms. The first kappa shape index (κ1) is 11.1. The minimum absolute atomic E-state index is 0.0216. The van der Waals surface area contributed by atoms with E-state index in [-0.39, 0.29) is 11.3 Å². The van der Waals surface area contributed by atoms with Crippen LogP contribution in [0.4, 0.5) is 8.78 Å². The molecule has 0 atom stereocenters. The van der Waals surface area contributed by atoms with Crippen molar-refractivity contribution in [1.82, 2.24) is 0 Å². The summed E-state index contributed by atoms with van der Waals surface area (Å²) in [4.78, 5) is 9.30. The van der Waals surface area contributed by atoms with Gasteiger partial charge in [0, 0.05) is 17.7 Å². The Balaban J connectivity index is 3.20. The highest BCUT2D eigenvalue weighted by atomic mass is 19.1. The number of hydrogen-bond donors (Lipinski definition) is 0. The van der Waals surface area contributed by atoms with Gasteiger partial charge >= 0.3 is 0 Å². The van der Waals surface area contributed by atoms with Gasteiger partial charge in [-0.1, -0.05) is 0 Å². The van der Waals surface area contributed by atoms with Gasteiger partial charge in [-0.05, 0) is 6.07 Å². The molecule has 0 heterocycles. The first-order chi connectivity index (χ1) is 7.04. The molecule has 80 valence electrons. The van der Waals surface area contributed by atoms with Crippen LogP contribution < -0.4 is 4.74 Å². The van der Waals surface area contributed by atoms with Crippen molar-refractivity contribution in [3.05, 3.63) is 45.6 Å². The number of ether oxygens (including phenoxy) is 1. The largest absolute Gasteiger partial charge is 0.493 e. The van der Waals surface area contributed by atoms with Gasteiger partial charge in [0.15, 0.2) is 11.6 Å². The SMILES string of the molecule is COc1c(F)cc(F)cc1/C=C/[N+](=O)[O-]. The standard InChI is InChI=1S/C9H7F2NO3/c1-15-9-6(2-3-12(13)14)4-7(10)5-8(9)11/h2-5H,1H3/b3-2+. The van der Waals surface area contributed by atoms with Crippen molar-refractivity contribution < 1.29 is 18.4 Å². The summed E-state index contributed by atoms with van der Waals surface area (Å²) in [5.41, 5.74) is -0.0216. The molecule has 0 spiro atoms. The first-order valence-corrected chi connectivity index (χ1v) is 3.89. The zero-order valence-corrected chi connectivity index (χ0v) is 7.74. The van der Waals surface area contributed by atoms with Crippen LogP contribution in [0.25, 0.3) is 6.08 Å². The van der Waals surface area contributed by atoms with Crippen molar-refractivity contribution in [2.24, 2.45) is 0 Å². The smallest absolute Gasteiger partial charge is 0.235 e.